The van der Waals surface area contributed by atoms with Gasteiger partial charge >= 0.3 is 0 Å². The summed E-state index contributed by atoms with van der Waals surface area (Å²) in [5.41, 5.74) is 3.04. The number of anilines is 1. The Morgan fingerprint density at radius 3 is 3.00 bits per heavy atom. The normalized spacial score (nSPS) is 17.6. The van der Waals surface area contributed by atoms with Gasteiger partial charge in [0.15, 0.2) is 5.82 Å². The molecule has 20 heavy (non-hydrogen) atoms. The zero-order valence-corrected chi connectivity index (χ0v) is 12.7. The van der Waals surface area contributed by atoms with E-state index in [2.05, 4.69) is 31.4 Å². The van der Waals surface area contributed by atoms with Crippen molar-refractivity contribution >= 4 is 27.7 Å². The molecule has 1 aliphatic rings. The predicted molar refractivity (Wildman–Crippen MR) is 79.1 cm³/mol. The highest BCUT2D eigenvalue weighted by Crippen LogP contribution is 2.41. The number of H-pyrrole nitrogens is 1. The lowest BCUT2D eigenvalue weighted by molar-refractivity contribution is -0.116. The van der Waals surface area contributed by atoms with Gasteiger partial charge in [-0.3, -0.25) is 9.89 Å². The molecule has 1 amide bonds. The summed E-state index contributed by atoms with van der Waals surface area (Å²) in [7, 11) is 1.63. The number of carbonyl (C=O) groups is 1. The Balaban J connectivity index is 2.14. The third-order valence-electron chi connectivity index (χ3n) is 3.57. The Labute approximate surface area is 124 Å². The van der Waals surface area contributed by atoms with Crippen molar-refractivity contribution < 1.29 is 9.53 Å². The summed E-state index contributed by atoms with van der Waals surface area (Å²) < 4.78 is 6.24. The highest BCUT2D eigenvalue weighted by Gasteiger charge is 2.31. The number of fused-ring (bicyclic) bond motifs is 1. The molecule has 0 bridgehead atoms. The molecule has 0 radical (unpaired) electrons. The fourth-order valence-corrected chi connectivity index (χ4v) is 3.13. The quantitative estimate of drug-likeness (QED) is 0.886. The number of hydrogen-bond donors (Lipinski definition) is 2. The molecule has 2 heterocycles. The SMILES string of the molecule is COc1ccc(Br)c([C@H]2CC(=O)Nc3n[nH]c(C)c32)c1. The summed E-state index contributed by atoms with van der Waals surface area (Å²) in [5.74, 6) is 1.35. The first-order valence-electron chi connectivity index (χ1n) is 6.28. The van der Waals surface area contributed by atoms with Crippen LogP contribution in [0.1, 0.15) is 29.2 Å². The summed E-state index contributed by atoms with van der Waals surface area (Å²) in [5, 5.41) is 9.89. The maximum absolute atomic E-state index is 11.9. The highest BCUT2D eigenvalue weighted by molar-refractivity contribution is 9.10. The van der Waals surface area contributed by atoms with E-state index in [1.807, 2.05) is 25.1 Å². The van der Waals surface area contributed by atoms with E-state index in [1.54, 1.807) is 7.11 Å². The minimum atomic E-state index is -0.0259. The van der Waals surface area contributed by atoms with Gasteiger partial charge in [-0.15, -0.1) is 0 Å². The minimum absolute atomic E-state index is 0.0243. The zero-order valence-electron chi connectivity index (χ0n) is 11.2. The second-order valence-electron chi connectivity index (χ2n) is 4.80. The number of methoxy groups -OCH3 is 1. The molecule has 3 rings (SSSR count). The molecule has 1 aliphatic heterocycles. The van der Waals surface area contributed by atoms with Crippen molar-refractivity contribution in [3.63, 3.8) is 0 Å². The number of carbonyl (C=O) groups excluding carboxylic acids is 1. The van der Waals surface area contributed by atoms with E-state index in [0.717, 1.165) is 27.0 Å². The van der Waals surface area contributed by atoms with Crippen LogP contribution in [0.25, 0.3) is 0 Å². The van der Waals surface area contributed by atoms with Crippen molar-refractivity contribution in [2.45, 2.75) is 19.3 Å². The molecular formula is C14H14BrN3O2. The van der Waals surface area contributed by atoms with Crippen LogP contribution in [0.2, 0.25) is 0 Å². The van der Waals surface area contributed by atoms with Crippen LogP contribution in [0, 0.1) is 6.92 Å². The fourth-order valence-electron chi connectivity index (χ4n) is 2.61. The highest BCUT2D eigenvalue weighted by atomic mass is 79.9. The molecule has 2 N–H and O–H groups in total. The van der Waals surface area contributed by atoms with E-state index < -0.39 is 0 Å². The zero-order chi connectivity index (χ0) is 14.3. The lowest BCUT2D eigenvalue weighted by atomic mass is 9.86. The van der Waals surface area contributed by atoms with Crippen molar-refractivity contribution in [1.82, 2.24) is 10.2 Å². The van der Waals surface area contributed by atoms with Gasteiger partial charge in [-0.25, -0.2) is 0 Å². The summed E-state index contributed by atoms with van der Waals surface area (Å²) in [6.45, 7) is 1.96. The van der Waals surface area contributed by atoms with Crippen molar-refractivity contribution in [3.05, 3.63) is 39.5 Å². The Kier molecular flexibility index (Phi) is 3.25. The van der Waals surface area contributed by atoms with Crippen molar-refractivity contribution in [3.8, 4) is 5.75 Å². The Bertz CT molecular complexity index is 681. The molecule has 1 aromatic carbocycles. The molecule has 0 unspecified atom stereocenters. The first kappa shape index (κ1) is 13.2. The van der Waals surface area contributed by atoms with E-state index in [4.69, 9.17) is 4.74 Å². The molecule has 0 saturated carbocycles. The van der Waals surface area contributed by atoms with Crippen LogP contribution in [0.4, 0.5) is 5.82 Å². The number of aromatic nitrogens is 2. The van der Waals surface area contributed by atoms with Gasteiger partial charge in [0, 0.05) is 28.1 Å². The molecule has 0 fully saturated rings. The van der Waals surface area contributed by atoms with Crippen LogP contribution in [0.3, 0.4) is 0 Å². The summed E-state index contributed by atoms with van der Waals surface area (Å²) in [6.07, 6.45) is 0.402. The standard InChI is InChI=1S/C14H14BrN3O2/c1-7-13-10(6-12(19)16-14(13)18-17-7)9-5-8(20-2)3-4-11(9)15/h3-5,10H,6H2,1-2H3,(H2,16,17,18,19)/t10-/m1/s1. The van der Waals surface area contributed by atoms with Crippen LogP contribution in [-0.4, -0.2) is 23.2 Å². The third-order valence-corrected chi connectivity index (χ3v) is 4.29. The van der Waals surface area contributed by atoms with E-state index in [0.29, 0.717) is 12.2 Å². The van der Waals surface area contributed by atoms with E-state index in [-0.39, 0.29) is 11.8 Å². The molecule has 1 aromatic heterocycles. The largest absolute Gasteiger partial charge is 0.497 e. The van der Waals surface area contributed by atoms with Crippen molar-refractivity contribution in [2.75, 3.05) is 12.4 Å². The number of amides is 1. The first-order chi connectivity index (χ1) is 9.60. The van der Waals surface area contributed by atoms with Crippen LogP contribution < -0.4 is 10.1 Å². The second kappa shape index (κ2) is 4.94. The molecule has 1 atom stereocenters. The Morgan fingerprint density at radius 1 is 1.45 bits per heavy atom. The smallest absolute Gasteiger partial charge is 0.226 e. The monoisotopic (exact) mass is 335 g/mol. The van der Waals surface area contributed by atoms with Gasteiger partial charge in [-0.05, 0) is 30.7 Å². The summed E-state index contributed by atoms with van der Waals surface area (Å²) >= 11 is 3.56. The molecule has 5 nitrogen and oxygen atoms in total. The van der Waals surface area contributed by atoms with Crippen LogP contribution in [0.15, 0.2) is 22.7 Å². The third kappa shape index (κ3) is 2.10. The maximum Gasteiger partial charge on any atom is 0.226 e. The van der Waals surface area contributed by atoms with Crippen molar-refractivity contribution in [1.29, 1.82) is 0 Å². The number of ether oxygens (including phenoxy) is 1. The van der Waals surface area contributed by atoms with Crippen molar-refractivity contribution in [2.24, 2.45) is 0 Å². The van der Waals surface area contributed by atoms with Gasteiger partial charge in [0.25, 0.3) is 0 Å². The molecule has 0 saturated heterocycles. The molecule has 2 aromatic rings. The average Bonchev–Trinajstić information content (AvgIpc) is 2.80. The van der Waals surface area contributed by atoms with E-state index in [9.17, 15) is 4.79 Å². The lowest BCUT2D eigenvalue weighted by Gasteiger charge is -2.24. The van der Waals surface area contributed by atoms with Gasteiger partial charge in [-0.1, -0.05) is 15.9 Å². The van der Waals surface area contributed by atoms with Gasteiger partial charge in [-0.2, -0.15) is 5.10 Å². The van der Waals surface area contributed by atoms with E-state index in [1.165, 1.54) is 0 Å². The predicted octanol–water partition coefficient (Wildman–Crippen LogP) is 2.96. The fraction of sp³-hybridized carbons (Fsp3) is 0.286. The first-order valence-corrected chi connectivity index (χ1v) is 7.07. The number of benzene rings is 1. The number of aromatic amines is 1. The topological polar surface area (TPSA) is 67.0 Å². The number of hydrogen-bond acceptors (Lipinski definition) is 3. The molecule has 0 spiro atoms. The molecule has 104 valence electrons. The molecule has 6 heteroatoms. The maximum atomic E-state index is 11.9. The van der Waals surface area contributed by atoms with Gasteiger partial charge < -0.3 is 10.1 Å². The molecule has 0 aliphatic carbocycles. The lowest BCUT2D eigenvalue weighted by Crippen LogP contribution is -2.23. The number of nitrogens with one attached hydrogen (secondary N) is 2. The summed E-state index contributed by atoms with van der Waals surface area (Å²) in [4.78, 5) is 11.9. The molecular weight excluding hydrogens is 322 g/mol. The van der Waals surface area contributed by atoms with Gasteiger partial charge in [0.05, 0.1) is 7.11 Å². The van der Waals surface area contributed by atoms with Crippen LogP contribution in [-0.2, 0) is 4.79 Å². The number of nitrogens with zero attached hydrogens (tertiary/aromatic N) is 1. The number of rotatable bonds is 2. The Morgan fingerprint density at radius 2 is 2.25 bits per heavy atom. The Hall–Kier alpha value is -1.82. The second-order valence-corrected chi connectivity index (χ2v) is 5.66. The van der Waals surface area contributed by atoms with Gasteiger partial charge in [0.1, 0.15) is 5.75 Å². The van der Waals surface area contributed by atoms with E-state index >= 15 is 0 Å². The minimum Gasteiger partial charge on any atom is -0.497 e. The average molecular weight is 336 g/mol. The summed E-state index contributed by atoms with van der Waals surface area (Å²) in [6, 6.07) is 5.79. The number of aryl methyl sites for hydroxylation is 1. The van der Waals surface area contributed by atoms with Crippen LogP contribution >= 0.6 is 15.9 Å². The van der Waals surface area contributed by atoms with Crippen LogP contribution in [0.5, 0.6) is 5.75 Å². The van der Waals surface area contributed by atoms with Gasteiger partial charge in [0.2, 0.25) is 5.91 Å². The number of halogens is 1.